The predicted octanol–water partition coefficient (Wildman–Crippen LogP) is 0.944. The van der Waals surface area contributed by atoms with Crippen molar-refractivity contribution < 1.29 is 9.53 Å². The van der Waals surface area contributed by atoms with Gasteiger partial charge in [0.1, 0.15) is 0 Å². The standard InChI is InChI=1S/C10H12N2O2/c1-2-14-10(13)7-8(11)9-5-3-4-6-12-9/h3-7H,2,11H2,1H3/b8-7+. The number of nitrogens with zero attached hydrogens (tertiary/aromatic N) is 1. The van der Waals surface area contributed by atoms with Gasteiger partial charge in [-0.3, -0.25) is 4.98 Å². The van der Waals surface area contributed by atoms with Crippen molar-refractivity contribution in [2.24, 2.45) is 5.73 Å². The van der Waals surface area contributed by atoms with E-state index in [0.717, 1.165) is 0 Å². The minimum atomic E-state index is -0.448. The molecule has 0 unspecified atom stereocenters. The zero-order valence-corrected chi connectivity index (χ0v) is 7.93. The fourth-order valence-electron chi connectivity index (χ4n) is 0.918. The Morgan fingerprint density at radius 3 is 3.00 bits per heavy atom. The molecule has 1 rings (SSSR count). The number of ether oxygens (including phenoxy) is 1. The first-order valence-electron chi connectivity index (χ1n) is 4.29. The van der Waals surface area contributed by atoms with Gasteiger partial charge in [0, 0.05) is 12.3 Å². The number of nitrogens with two attached hydrogens (primary N) is 1. The molecular formula is C10H12N2O2. The van der Waals surface area contributed by atoms with Crippen LogP contribution in [0, 0.1) is 0 Å². The number of carbonyl (C=O) groups excluding carboxylic acids is 1. The van der Waals surface area contributed by atoms with Crippen molar-refractivity contribution in [3.63, 3.8) is 0 Å². The first-order chi connectivity index (χ1) is 6.74. The van der Waals surface area contributed by atoms with Crippen molar-refractivity contribution in [1.82, 2.24) is 4.98 Å². The summed E-state index contributed by atoms with van der Waals surface area (Å²) in [7, 11) is 0. The van der Waals surface area contributed by atoms with Crippen molar-refractivity contribution in [3.05, 3.63) is 36.2 Å². The SMILES string of the molecule is CCOC(=O)/C=C(/N)c1ccccn1. The summed E-state index contributed by atoms with van der Waals surface area (Å²) >= 11 is 0. The molecule has 0 bridgehead atoms. The summed E-state index contributed by atoms with van der Waals surface area (Å²) in [6.45, 7) is 2.08. The van der Waals surface area contributed by atoms with Crippen LogP contribution in [-0.4, -0.2) is 17.6 Å². The van der Waals surface area contributed by atoms with Gasteiger partial charge in [0.25, 0.3) is 0 Å². The Bertz CT molecular complexity index is 333. The summed E-state index contributed by atoms with van der Waals surface area (Å²) < 4.78 is 4.71. The molecule has 4 heteroatoms. The van der Waals surface area contributed by atoms with E-state index in [0.29, 0.717) is 18.0 Å². The second-order valence-corrected chi connectivity index (χ2v) is 2.57. The normalized spacial score (nSPS) is 11.1. The van der Waals surface area contributed by atoms with Crippen LogP contribution < -0.4 is 5.73 Å². The average Bonchev–Trinajstić information content (AvgIpc) is 2.19. The number of carbonyl (C=O) groups is 1. The Kier molecular flexibility index (Phi) is 3.67. The van der Waals surface area contributed by atoms with Crippen molar-refractivity contribution in [1.29, 1.82) is 0 Å². The van der Waals surface area contributed by atoms with Gasteiger partial charge in [-0.25, -0.2) is 4.79 Å². The van der Waals surface area contributed by atoms with Crippen molar-refractivity contribution in [2.75, 3.05) is 6.61 Å². The quantitative estimate of drug-likeness (QED) is 0.572. The largest absolute Gasteiger partial charge is 0.463 e. The molecule has 4 nitrogen and oxygen atoms in total. The zero-order valence-electron chi connectivity index (χ0n) is 7.93. The second kappa shape index (κ2) is 5.01. The molecule has 0 aliphatic carbocycles. The van der Waals surface area contributed by atoms with Crippen LogP contribution in [-0.2, 0) is 9.53 Å². The van der Waals surface area contributed by atoms with Gasteiger partial charge in [0.2, 0.25) is 0 Å². The van der Waals surface area contributed by atoms with Gasteiger partial charge >= 0.3 is 5.97 Å². The molecule has 0 saturated heterocycles. The topological polar surface area (TPSA) is 65.2 Å². The Labute approximate surface area is 82.4 Å². The third-order valence-corrected chi connectivity index (χ3v) is 1.52. The first-order valence-corrected chi connectivity index (χ1v) is 4.29. The van der Waals surface area contributed by atoms with E-state index >= 15 is 0 Å². The lowest BCUT2D eigenvalue weighted by molar-refractivity contribution is -0.137. The van der Waals surface area contributed by atoms with E-state index in [4.69, 9.17) is 10.5 Å². The maximum Gasteiger partial charge on any atom is 0.332 e. The Morgan fingerprint density at radius 1 is 1.64 bits per heavy atom. The lowest BCUT2D eigenvalue weighted by Crippen LogP contribution is -2.05. The smallest absolute Gasteiger partial charge is 0.332 e. The molecule has 0 spiro atoms. The number of pyridine rings is 1. The minimum Gasteiger partial charge on any atom is -0.463 e. The van der Waals surface area contributed by atoms with Crippen LogP contribution in [0.5, 0.6) is 0 Å². The van der Waals surface area contributed by atoms with Gasteiger partial charge in [0.15, 0.2) is 0 Å². The fraction of sp³-hybridized carbons (Fsp3) is 0.200. The molecule has 0 saturated carbocycles. The van der Waals surface area contributed by atoms with Gasteiger partial charge in [-0.05, 0) is 19.1 Å². The summed E-state index contributed by atoms with van der Waals surface area (Å²) in [4.78, 5) is 15.0. The summed E-state index contributed by atoms with van der Waals surface area (Å²) in [5.41, 5.74) is 6.50. The highest BCUT2D eigenvalue weighted by molar-refractivity contribution is 5.89. The van der Waals surface area contributed by atoms with Gasteiger partial charge in [-0.2, -0.15) is 0 Å². The van der Waals surface area contributed by atoms with E-state index in [1.54, 1.807) is 31.3 Å². The molecular weight excluding hydrogens is 180 g/mol. The average molecular weight is 192 g/mol. The molecule has 0 fully saturated rings. The Hall–Kier alpha value is -1.84. The summed E-state index contributed by atoms with van der Waals surface area (Å²) in [6, 6.07) is 5.31. The first kappa shape index (κ1) is 10.2. The number of hydrogen-bond acceptors (Lipinski definition) is 4. The lowest BCUT2D eigenvalue weighted by Gasteiger charge is -2.00. The number of hydrogen-bond donors (Lipinski definition) is 1. The molecule has 0 aliphatic rings. The van der Waals surface area contributed by atoms with Crippen molar-refractivity contribution in [2.45, 2.75) is 6.92 Å². The highest BCUT2D eigenvalue weighted by Gasteiger charge is 2.01. The monoisotopic (exact) mass is 192 g/mol. The molecule has 0 radical (unpaired) electrons. The van der Waals surface area contributed by atoms with Gasteiger partial charge in [-0.1, -0.05) is 6.07 Å². The summed E-state index contributed by atoms with van der Waals surface area (Å²) in [5.74, 6) is -0.448. The van der Waals surface area contributed by atoms with Crippen LogP contribution >= 0.6 is 0 Å². The van der Waals surface area contributed by atoms with E-state index in [1.807, 2.05) is 0 Å². The molecule has 0 aliphatic heterocycles. The zero-order chi connectivity index (χ0) is 10.4. The molecule has 1 heterocycles. The molecule has 74 valence electrons. The highest BCUT2D eigenvalue weighted by Crippen LogP contribution is 2.03. The van der Waals surface area contributed by atoms with Crippen molar-refractivity contribution in [3.8, 4) is 0 Å². The highest BCUT2D eigenvalue weighted by atomic mass is 16.5. The van der Waals surface area contributed by atoms with E-state index in [2.05, 4.69) is 4.98 Å². The van der Waals surface area contributed by atoms with Crippen LogP contribution in [0.15, 0.2) is 30.5 Å². The predicted molar refractivity (Wildman–Crippen MR) is 53.0 cm³/mol. The summed E-state index contributed by atoms with van der Waals surface area (Å²) in [5, 5.41) is 0. The van der Waals surface area contributed by atoms with E-state index < -0.39 is 5.97 Å². The van der Waals surface area contributed by atoms with Gasteiger partial charge < -0.3 is 10.5 Å². The lowest BCUT2D eigenvalue weighted by atomic mass is 10.3. The van der Waals surface area contributed by atoms with Crippen LogP contribution in [0.25, 0.3) is 5.70 Å². The third kappa shape index (κ3) is 2.90. The molecule has 0 atom stereocenters. The van der Waals surface area contributed by atoms with Crippen LogP contribution in [0.2, 0.25) is 0 Å². The number of esters is 1. The maximum absolute atomic E-state index is 11.0. The van der Waals surface area contributed by atoms with Crippen LogP contribution in [0.4, 0.5) is 0 Å². The fourth-order valence-corrected chi connectivity index (χ4v) is 0.918. The molecule has 1 aromatic rings. The summed E-state index contributed by atoms with van der Waals surface area (Å²) in [6.07, 6.45) is 2.84. The molecule has 2 N–H and O–H groups in total. The molecule has 0 aromatic carbocycles. The molecule has 1 aromatic heterocycles. The Morgan fingerprint density at radius 2 is 2.43 bits per heavy atom. The molecule has 0 amide bonds. The van der Waals surface area contributed by atoms with Gasteiger partial charge in [0.05, 0.1) is 18.0 Å². The second-order valence-electron chi connectivity index (χ2n) is 2.57. The molecule has 14 heavy (non-hydrogen) atoms. The van der Waals surface area contributed by atoms with Crippen molar-refractivity contribution >= 4 is 11.7 Å². The van der Waals surface area contributed by atoms with E-state index in [1.165, 1.54) is 6.08 Å². The van der Waals surface area contributed by atoms with E-state index in [9.17, 15) is 4.79 Å². The number of aromatic nitrogens is 1. The van der Waals surface area contributed by atoms with Crippen LogP contribution in [0.3, 0.4) is 0 Å². The minimum absolute atomic E-state index is 0.309. The Balaban J connectivity index is 2.75. The van der Waals surface area contributed by atoms with E-state index in [-0.39, 0.29) is 0 Å². The third-order valence-electron chi connectivity index (χ3n) is 1.52. The number of rotatable bonds is 3. The van der Waals surface area contributed by atoms with Gasteiger partial charge in [-0.15, -0.1) is 0 Å². The van der Waals surface area contributed by atoms with Crippen LogP contribution in [0.1, 0.15) is 12.6 Å². The maximum atomic E-state index is 11.0.